The molecule has 0 bridgehead atoms. The molecule has 0 aromatic rings. The van der Waals surface area contributed by atoms with Crippen LogP contribution in [0.5, 0.6) is 0 Å². The minimum atomic E-state index is 0.441. The maximum absolute atomic E-state index is 5.17. The molecule has 0 aliphatic rings. The van der Waals surface area contributed by atoms with Gasteiger partial charge in [-0.3, -0.25) is 0 Å². The SMILES string of the molecule is CCCCCCCCCCCCCCCCCCC(C)C(=S)OC. The Morgan fingerprint density at radius 3 is 1.33 bits per heavy atom. The van der Waals surface area contributed by atoms with Crippen molar-refractivity contribution in [3.8, 4) is 0 Å². The Bertz CT molecular complexity index is 265. The summed E-state index contributed by atoms with van der Waals surface area (Å²) >= 11 is 5.17. The highest BCUT2D eigenvalue weighted by molar-refractivity contribution is 7.80. The Morgan fingerprint density at radius 2 is 1.00 bits per heavy atom. The Balaban J connectivity index is 3.09. The van der Waals surface area contributed by atoms with Gasteiger partial charge in [0.2, 0.25) is 0 Å². The molecule has 0 radical (unpaired) electrons. The third-order valence-corrected chi connectivity index (χ3v) is 5.66. The van der Waals surface area contributed by atoms with Crippen molar-refractivity contribution in [1.29, 1.82) is 0 Å². The van der Waals surface area contributed by atoms with Crippen molar-refractivity contribution in [2.45, 2.75) is 123 Å². The van der Waals surface area contributed by atoms with E-state index in [0.717, 1.165) is 5.05 Å². The monoisotopic (exact) mass is 356 g/mol. The number of hydrogen-bond acceptors (Lipinski definition) is 2. The van der Waals surface area contributed by atoms with Crippen LogP contribution < -0.4 is 0 Å². The molecule has 144 valence electrons. The van der Waals surface area contributed by atoms with Crippen LogP contribution in [-0.4, -0.2) is 12.2 Å². The van der Waals surface area contributed by atoms with Gasteiger partial charge in [-0.1, -0.05) is 117 Å². The van der Waals surface area contributed by atoms with Crippen LogP contribution in [0.15, 0.2) is 0 Å². The predicted octanol–water partition coefficient (Wildman–Crippen LogP) is 8.25. The van der Waals surface area contributed by atoms with Gasteiger partial charge in [-0.05, 0) is 18.6 Å². The van der Waals surface area contributed by atoms with E-state index >= 15 is 0 Å². The van der Waals surface area contributed by atoms with E-state index in [1.54, 1.807) is 7.11 Å². The molecule has 0 saturated heterocycles. The van der Waals surface area contributed by atoms with Crippen LogP contribution >= 0.6 is 12.2 Å². The molecule has 0 aromatic carbocycles. The van der Waals surface area contributed by atoms with Gasteiger partial charge in [-0.15, -0.1) is 0 Å². The zero-order valence-corrected chi connectivity index (χ0v) is 17.7. The Hall–Kier alpha value is -0.110. The lowest BCUT2D eigenvalue weighted by atomic mass is 10.0. The molecule has 0 amide bonds. The number of methoxy groups -OCH3 is 1. The largest absolute Gasteiger partial charge is 0.490 e. The van der Waals surface area contributed by atoms with Gasteiger partial charge < -0.3 is 4.74 Å². The molecule has 2 heteroatoms. The third kappa shape index (κ3) is 16.7. The van der Waals surface area contributed by atoms with Gasteiger partial charge in [0.15, 0.2) is 5.05 Å². The fraction of sp³-hybridized carbons (Fsp3) is 0.955. The van der Waals surface area contributed by atoms with Crippen molar-refractivity contribution in [3.63, 3.8) is 0 Å². The van der Waals surface area contributed by atoms with Crippen molar-refractivity contribution in [1.82, 2.24) is 0 Å². The molecule has 0 saturated carbocycles. The minimum Gasteiger partial charge on any atom is -0.490 e. The maximum atomic E-state index is 5.17. The van der Waals surface area contributed by atoms with E-state index in [2.05, 4.69) is 13.8 Å². The zero-order chi connectivity index (χ0) is 17.9. The van der Waals surface area contributed by atoms with Gasteiger partial charge in [0.1, 0.15) is 0 Å². The van der Waals surface area contributed by atoms with Crippen molar-refractivity contribution < 1.29 is 4.74 Å². The highest BCUT2D eigenvalue weighted by atomic mass is 32.1. The first kappa shape index (κ1) is 23.9. The van der Waals surface area contributed by atoms with Crippen LogP contribution in [0.25, 0.3) is 0 Å². The lowest BCUT2D eigenvalue weighted by Crippen LogP contribution is -2.09. The summed E-state index contributed by atoms with van der Waals surface area (Å²) in [5, 5.41) is 0.774. The normalized spacial score (nSPS) is 12.3. The van der Waals surface area contributed by atoms with E-state index in [1.807, 2.05) is 0 Å². The fourth-order valence-corrected chi connectivity index (χ4v) is 3.44. The molecule has 1 unspecified atom stereocenters. The van der Waals surface area contributed by atoms with Crippen LogP contribution in [0.1, 0.15) is 123 Å². The molecule has 0 aromatic heterocycles. The molecular weight excluding hydrogens is 312 g/mol. The summed E-state index contributed by atoms with van der Waals surface area (Å²) in [6, 6.07) is 0. The van der Waals surface area contributed by atoms with Gasteiger partial charge in [-0.25, -0.2) is 0 Å². The molecule has 0 fully saturated rings. The van der Waals surface area contributed by atoms with E-state index in [1.165, 1.54) is 109 Å². The molecule has 0 spiro atoms. The molecule has 0 heterocycles. The third-order valence-electron chi connectivity index (χ3n) is 5.09. The van der Waals surface area contributed by atoms with E-state index in [9.17, 15) is 0 Å². The number of ether oxygens (including phenoxy) is 1. The van der Waals surface area contributed by atoms with Crippen LogP contribution in [0, 0.1) is 5.92 Å². The number of unbranched alkanes of at least 4 members (excludes halogenated alkanes) is 15. The molecule has 0 aliphatic heterocycles. The minimum absolute atomic E-state index is 0.441. The summed E-state index contributed by atoms with van der Waals surface area (Å²) < 4.78 is 5.12. The predicted molar refractivity (Wildman–Crippen MR) is 113 cm³/mol. The second kappa shape index (κ2) is 19.2. The smallest absolute Gasteiger partial charge is 0.162 e. The summed E-state index contributed by atoms with van der Waals surface area (Å²) in [5.74, 6) is 0.441. The van der Waals surface area contributed by atoms with Gasteiger partial charge in [0.05, 0.1) is 7.11 Å². The van der Waals surface area contributed by atoms with Crippen LogP contribution in [0.3, 0.4) is 0 Å². The maximum Gasteiger partial charge on any atom is 0.162 e. The van der Waals surface area contributed by atoms with Gasteiger partial charge in [0, 0.05) is 5.92 Å². The molecule has 0 N–H and O–H groups in total. The van der Waals surface area contributed by atoms with E-state index < -0.39 is 0 Å². The van der Waals surface area contributed by atoms with Crippen LogP contribution in [-0.2, 0) is 4.74 Å². The topological polar surface area (TPSA) is 9.23 Å². The Morgan fingerprint density at radius 1 is 0.667 bits per heavy atom. The first-order valence-electron chi connectivity index (χ1n) is 10.8. The fourth-order valence-electron chi connectivity index (χ4n) is 3.32. The van der Waals surface area contributed by atoms with E-state index in [4.69, 9.17) is 17.0 Å². The van der Waals surface area contributed by atoms with Gasteiger partial charge in [0.25, 0.3) is 0 Å². The van der Waals surface area contributed by atoms with Gasteiger partial charge >= 0.3 is 0 Å². The molecule has 1 atom stereocenters. The molecular formula is C22H44OS. The van der Waals surface area contributed by atoms with Crippen molar-refractivity contribution >= 4 is 17.3 Å². The first-order chi connectivity index (χ1) is 11.7. The number of hydrogen-bond donors (Lipinski definition) is 0. The lowest BCUT2D eigenvalue weighted by molar-refractivity contribution is 0.374. The summed E-state index contributed by atoms with van der Waals surface area (Å²) in [6.45, 7) is 4.47. The lowest BCUT2D eigenvalue weighted by Gasteiger charge is -2.11. The molecule has 0 aliphatic carbocycles. The second-order valence-corrected chi connectivity index (χ2v) is 7.92. The Kier molecular flexibility index (Phi) is 19.1. The van der Waals surface area contributed by atoms with Crippen molar-refractivity contribution in [2.75, 3.05) is 7.11 Å². The van der Waals surface area contributed by atoms with Crippen molar-refractivity contribution in [3.05, 3.63) is 0 Å². The second-order valence-electron chi connectivity index (χ2n) is 7.52. The number of thiocarbonyl (C=S) groups is 1. The quantitative estimate of drug-likeness (QED) is 0.180. The van der Waals surface area contributed by atoms with Crippen LogP contribution in [0.2, 0.25) is 0 Å². The molecule has 1 nitrogen and oxygen atoms in total. The highest BCUT2D eigenvalue weighted by Crippen LogP contribution is 2.16. The zero-order valence-electron chi connectivity index (χ0n) is 16.9. The summed E-state index contributed by atoms with van der Waals surface area (Å²) in [4.78, 5) is 0. The summed E-state index contributed by atoms with van der Waals surface area (Å²) in [7, 11) is 1.69. The molecule has 0 rings (SSSR count). The summed E-state index contributed by atoms with van der Waals surface area (Å²) in [5.41, 5.74) is 0. The average Bonchev–Trinajstić information content (AvgIpc) is 2.60. The standard InChI is InChI=1S/C22H44OS/c1-4-5-6-7-8-9-10-11-12-13-14-15-16-17-18-19-20-21(2)22(24)23-3/h21H,4-20H2,1-3H3. The Labute approximate surface area is 158 Å². The van der Waals surface area contributed by atoms with Crippen LogP contribution in [0.4, 0.5) is 0 Å². The summed E-state index contributed by atoms with van der Waals surface area (Å²) in [6.07, 6.45) is 24.0. The molecule has 24 heavy (non-hydrogen) atoms. The highest BCUT2D eigenvalue weighted by Gasteiger charge is 2.07. The van der Waals surface area contributed by atoms with E-state index in [-0.39, 0.29) is 0 Å². The first-order valence-corrected chi connectivity index (χ1v) is 11.2. The van der Waals surface area contributed by atoms with Crippen molar-refractivity contribution in [2.24, 2.45) is 5.92 Å². The average molecular weight is 357 g/mol. The van der Waals surface area contributed by atoms with Gasteiger partial charge in [-0.2, -0.15) is 0 Å². The number of rotatable bonds is 18. The van der Waals surface area contributed by atoms with E-state index in [0.29, 0.717) is 5.92 Å².